The van der Waals surface area contributed by atoms with Crippen LogP contribution in [0, 0.1) is 5.92 Å². The molecule has 1 N–H and O–H groups in total. The summed E-state index contributed by atoms with van der Waals surface area (Å²) in [7, 11) is 2.20. The van der Waals surface area contributed by atoms with Crippen LogP contribution in [0.1, 0.15) is 12.8 Å². The second-order valence-corrected chi connectivity index (χ2v) is 5.08. The predicted molar refractivity (Wildman–Crippen MR) is 70.2 cm³/mol. The smallest absolute Gasteiger partial charge is 0.0407 e. The molecule has 1 aromatic rings. The van der Waals surface area contributed by atoms with Crippen molar-refractivity contribution < 1.29 is 0 Å². The molecule has 1 aliphatic carbocycles. The molecule has 3 heteroatoms. The maximum absolute atomic E-state index is 5.82. The molecule has 2 nitrogen and oxygen atoms in total. The molecule has 1 aliphatic rings. The van der Waals surface area contributed by atoms with Gasteiger partial charge in [-0.1, -0.05) is 11.6 Å². The first-order chi connectivity index (χ1) is 7.74. The molecule has 0 saturated heterocycles. The summed E-state index contributed by atoms with van der Waals surface area (Å²) in [4.78, 5) is 2.40. The standard InChI is InChI=1S/C13H19ClN2/c1-16(10-11-2-3-11)9-8-15-13-6-4-12(14)5-7-13/h4-7,11,15H,2-3,8-10H2,1H3. The normalized spacial score (nSPS) is 15.4. The fourth-order valence-electron chi connectivity index (χ4n) is 1.79. The van der Waals surface area contributed by atoms with E-state index in [0.717, 1.165) is 29.7 Å². The first kappa shape index (κ1) is 11.7. The van der Waals surface area contributed by atoms with E-state index in [-0.39, 0.29) is 0 Å². The highest BCUT2D eigenvalue weighted by Gasteiger charge is 2.22. The largest absolute Gasteiger partial charge is 0.384 e. The van der Waals surface area contributed by atoms with Crippen molar-refractivity contribution in [2.45, 2.75) is 12.8 Å². The lowest BCUT2D eigenvalue weighted by atomic mass is 10.3. The van der Waals surface area contributed by atoms with E-state index in [1.54, 1.807) is 0 Å². The zero-order valence-electron chi connectivity index (χ0n) is 9.75. The van der Waals surface area contributed by atoms with E-state index < -0.39 is 0 Å². The zero-order valence-corrected chi connectivity index (χ0v) is 10.5. The molecule has 0 aromatic heterocycles. The molecule has 0 unspecified atom stereocenters. The van der Waals surface area contributed by atoms with Crippen LogP contribution in [0.25, 0.3) is 0 Å². The van der Waals surface area contributed by atoms with Crippen LogP contribution in [0.15, 0.2) is 24.3 Å². The molecule has 0 radical (unpaired) electrons. The Labute approximate surface area is 103 Å². The Bertz CT molecular complexity index is 319. The Morgan fingerprint density at radius 3 is 2.62 bits per heavy atom. The van der Waals surface area contributed by atoms with Crippen LogP contribution in [0.2, 0.25) is 5.02 Å². The second-order valence-electron chi connectivity index (χ2n) is 4.64. The molecule has 0 bridgehead atoms. The topological polar surface area (TPSA) is 15.3 Å². The Hall–Kier alpha value is -0.730. The molecule has 0 amide bonds. The Kier molecular flexibility index (Phi) is 4.08. The number of rotatable bonds is 6. The van der Waals surface area contributed by atoms with Gasteiger partial charge >= 0.3 is 0 Å². The van der Waals surface area contributed by atoms with Crippen LogP contribution in [-0.2, 0) is 0 Å². The number of halogens is 1. The number of benzene rings is 1. The Morgan fingerprint density at radius 2 is 2.00 bits per heavy atom. The van der Waals surface area contributed by atoms with Crippen LogP contribution in [0.4, 0.5) is 5.69 Å². The van der Waals surface area contributed by atoms with Crippen molar-refractivity contribution in [3.05, 3.63) is 29.3 Å². The fourth-order valence-corrected chi connectivity index (χ4v) is 1.92. The summed E-state index contributed by atoms with van der Waals surface area (Å²) in [5.41, 5.74) is 1.14. The lowest BCUT2D eigenvalue weighted by Gasteiger charge is -2.16. The monoisotopic (exact) mass is 238 g/mol. The van der Waals surface area contributed by atoms with Crippen molar-refractivity contribution in [3.8, 4) is 0 Å². The van der Waals surface area contributed by atoms with Crippen LogP contribution >= 0.6 is 11.6 Å². The first-order valence-corrected chi connectivity index (χ1v) is 6.30. The summed E-state index contributed by atoms with van der Waals surface area (Å²) in [5.74, 6) is 0.973. The van der Waals surface area contributed by atoms with Gasteiger partial charge in [-0.3, -0.25) is 0 Å². The highest BCUT2D eigenvalue weighted by atomic mass is 35.5. The number of likely N-dealkylation sites (N-methyl/N-ethyl adjacent to an activating group) is 1. The minimum Gasteiger partial charge on any atom is -0.384 e. The third kappa shape index (κ3) is 4.03. The number of anilines is 1. The maximum Gasteiger partial charge on any atom is 0.0407 e. The predicted octanol–water partition coefficient (Wildman–Crippen LogP) is 3.09. The molecular formula is C13H19ClN2. The van der Waals surface area contributed by atoms with Gasteiger partial charge in [0.1, 0.15) is 0 Å². The van der Waals surface area contributed by atoms with Gasteiger partial charge in [0, 0.05) is 30.3 Å². The molecule has 1 fully saturated rings. The van der Waals surface area contributed by atoms with Crippen molar-refractivity contribution in [1.29, 1.82) is 0 Å². The SMILES string of the molecule is CN(CCNc1ccc(Cl)cc1)CC1CC1. The lowest BCUT2D eigenvalue weighted by molar-refractivity contribution is 0.332. The lowest BCUT2D eigenvalue weighted by Crippen LogP contribution is -2.27. The van der Waals surface area contributed by atoms with Gasteiger partial charge in [-0.25, -0.2) is 0 Å². The summed E-state index contributed by atoms with van der Waals surface area (Å²) in [6, 6.07) is 7.86. The summed E-state index contributed by atoms with van der Waals surface area (Å²) in [5, 5.41) is 4.18. The third-order valence-corrected chi connectivity index (χ3v) is 3.19. The first-order valence-electron chi connectivity index (χ1n) is 5.92. The van der Waals surface area contributed by atoms with Gasteiger partial charge in [0.15, 0.2) is 0 Å². The quantitative estimate of drug-likeness (QED) is 0.820. The van der Waals surface area contributed by atoms with Gasteiger partial charge < -0.3 is 10.2 Å². The summed E-state index contributed by atoms with van der Waals surface area (Å²) >= 11 is 5.82. The van der Waals surface area contributed by atoms with Crippen LogP contribution in [0.3, 0.4) is 0 Å². The molecular weight excluding hydrogens is 220 g/mol. The van der Waals surface area contributed by atoms with E-state index in [2.05, 4.69) is 17.3 Å². The minimum absolute atomic E-state index is 0.788. The highest BCUT2D eigenvalue weighted by Crippen LogP contribution is 2.29. The van der Waals surface area contributed by atoms with Crippen LogP contribution in [0.5, 0.6) is 0 Å². The number of nitrogens with zero attached hydrogens (tertiary/aromatic N) is 1. The maximum atomic E-state index is 5.82. The van der Waals surface area contributed by atoms with Gasteiger partial charge in [0.05, 0.1) is 0 Å². The number of nitrogens with one attached hydrogen (secondary N) is 1. The second kappa shape index (κ2) is 5.55. The van der Waals surface area contributed by atoms with Crippen LogP contribution in [-0.4, -0.2) is 31.6 Å². The summed E-state index contributed by atoms with van der Waals surface area (Å²) < 4.78 is 0. The number of hydrogen-bond acceptors (Lipinski definition) is 2. The van der Waals surface area contributed by atoms with Crippen molar-refractivity contribution in [2.75, 3.05) is 32.0 Å². The van der Waals surface area contributed by atoms with Gasteiger partial charge in [0.2, 0.25) is 0 Å². The molecule has 1 saturated carbocycles. The molecule has 16 heavy (non-hydrogen) atoms. The summed E-state index contributed by atoms with van der Waals surface area (Å²) in [6.45, 7) is 3.34. The van der Waals surface area contributed by atoms with Gasteiger partial charge in [0.25, 0.3) is 0 Å². The van der Waals surface area contributed by atoms with Gasteiger partial charge in [-0.05, 0) is 50.1 Å². The highest BCUT2D eigenvalue weighted by molar-refractivity contribution is 6.30. The van der Waals surface area contributed by atoms with Gasteiger partial charge in [-0.15, -0.1) is 0 Å². The molecule has 0 spiro atoms. The average molecular weight is 239 g/mol. The summed E-state index contributed by atoms with van der Waals surface area (Å²) in [6.07, 6.45) is 2.85. The van der Waals surface area contributed by atoms with E-state index in [0.29, 0.717) is 0 Å². The molecule has 0 aliphatic heterocycles. The van der Waals surface area contributed by atoms with Crippen molar-refractivity contribution in [1.82, 2.24) is 4.90 Å². The minimum atomic E-state index is 0.788. The van der Waals surface area contributed by atoms with E-state index >= 15 is 0 Å². The Balaban J connectivity index is 1.64. The van der Waals surface area contributed by atoms with E-state index in [9.17, 15) is 0 Å². The van der Waals surface area contributed by atoms with E-state index in [1.165, 1.54) is 19.4 Å². The van der Waals surface area contributed by atoms with Crippen molar-refractivity contribution >= 4 is 17.3 Å². The Morgan fingerprint density at radius 1 is 1.31 bits per heavy atom. The molecule has 0 atom stereocenters. The van der Waals surface area contributed by atoms with Crippen molar-refractivity contribution in [3.63, 3.8) is 0 Å². The zero-order chi connectivity index (χ0) is 11.4. The molecule has 1 aromatic carbocycles. The molecule has 0 heterocycles. The fraction of sp³-hybridized carbons (Fsp3) is 0.538. The van der Waals surface area contributed by atoms with Crippen LogP contribution < -0.4 is 5.32 Å². The molecule has 88 valence electrons. The van der Waals surface area contributed by atoms with Crippen molar-refractivity contribution in [2.24, 2.45) is 5.92 Å². The molecule has 2 rings (SSSR count). The number of hydrogen-bond donors (Lipinski definition) is 1. The van der Waals surface area contributed by atoms with E-state index in [4.69, 9.17) is 11.6 Å². The average Bonchev–Trinajstić information content (AvgIpc) is 3.05. The van der Waals surface area contributed by atoms with Gasteiger partial charge in [-0.2, -0.15) is 0 Å². The van der Waals surface area contributed by atoms with E-state index in [1.807, 2.05) is 24.3 Å². The third-order valence-electron chi connectivity index (χ3n) is 2.93.